The topological polar surface area (TPSA) is 68.3 Å². The highest BCUT2D eigenvalue weighted by atomic mass is 16.7. The third kappa shape index (κ3) is 3.09. The predicted octanol–water partition coefficient (Wildman–Crippen LogP) is 3.75. The molecule has 0 bridgehead atoms. The molecule has 3 aromatic carbocycles. The van der Waals surface area contributed by atoms with Gasteiger partial charge in [0.25, 0.3) is 5.91 Å². The lowest BCUT2D eigenvalue weighted by atomic mass is 9.89. The molecule has 0 radical (unpaired) electrons. The average molecular weight is 430 g/mol. The minimum Gasteiger partial charge on any atom is -0.497 e. The van der Waals surface area contributed by atoms with Gasteiger partial charge in [-0.3, -0.25) is 14.4 Å². The van der Waals surface area contributed by atoms with Crippen LogP contribution in [0, 0.1) is 5.92 Å². The molecule has 2 amide bonds. The van der Waals surface area contributed by atoms with E-state index in [-0.39, 0.29) is 11.8 Å². The first-order valence-electron chi connectivity index (χ1n) is 10.3. The number of rotatable bonds is 5. The zero-order valence-electron chi connectivity index (χ0n) is 17.7. The van der Waals surface area contributed by atoms with Crippen molar-refractivity contribution in [3.63, 3.8) is 0 Å². The SMILES string of the molecule is COc1ccc(OC)c([C@@H]2[C@@H]3C(=O)N(c4ccccc4)C(=O)[C@H]3ON2c2ccccc2)c1. The highest BCUT2D eigenvalue weighted by Gasteiger charge is 2.60. The van der Waals surface area contributed by atoms with Crippen LogP contribution < -0.4 is 19.4 Å². The molecule has 2 aliphatic rings. The van der Waals surface area contributed by atoms with Gasteiger partial charge in [-0.1, -0.05) is 36.4 Å². The van der Waals surface area contributed by atoms with E-state index in [1.54, 1.807) is 55.7 Å². The van der Waals surface area contributed by atoms with Crippen LogP contribution in [0.3, 0.4) is 0 Å². The first kappa shape index (κ1) is 20.1. The van der Waals surface area contributed by atoms with Crippen LogP contribution in [0.4, 0.5) is 11.4 Å². The number of fused-ring (bicyclic) bond motifs is 1. The fourth-order valence-corrected chi connectivity index (χ4v) is 4.43. The van der Waals surface area contributed by atoms with Crippen LogP contribution in [0.25, 0.3) is 0 Å². The Hall–Kier alpha value is -3.84. The van der Waals surface area contributed by atoms with Gasteiger partial charge in [0.15, 0.2) is 6.10 Å². The van der Waals surface area contributed by atoms with E-state index in [0.717, 1.165) is 5.69 Å². The van der Waals surface area contributed by atoms with Gasteiger partial charge < -0.3 is 9.47 Å². The maximum absolute atomic E-state index is 13.6. The molecule has 2 fully saturated rings. The van der Waals surface area contributed by atoms with Crippen LogP contribution >= 0.6 is 0 Å². The van der Waals surface area contributed by atoms with Crippen LogP contribution in [0.5, 0.6) is 11.5 Å². The Morgan fingerprint density at radius 1 is 0.781 bits per heavy atom. The van der Waals surface area contributed by atoms with Crippen molar-refractivity contribution in [3.05, 3.63) is 84.4 Å². The number of anilines is 2. The minimum absolute atomic E-state index is 0.306. The molecular weight excluding hydrogens is 408 g/mol. The Labute approximate surface area is 185 Å². The summed E-state index contributed by atoms with van der Waals surface area (Å²) in [6, 6.07) is 23.2. The molecule has 5 rings (SSSR count). The number of amides is 2. The third-order valence-corrected chi connectivity index (χ3v) is 5.90. The lowest BCUT2D eigenvalue weighted by molar-refractivity contribution is -0.126. The maximum Gasteiger partial charge on any atom is 0.266 e. The Morgan fingerprint density at radius 3 is 2.06 bits per heavy atom. The standard InChI is InChI=1S/C25H22N2O5/c1-30-18-13-14-20(31-2)19(15-18)22-21-23(32-27(22)17-11-7-4-8-12-17)25(29)26(24(21)28)16-9-5-3-6-10-16/h3-15,21-23H,1-2H3/t21-,22+,23-/m0/s1. The number of ether oxygens (including phenoxy) is 2. The summed E-state index contributed by atoms with van der Waals surface area (Å²) in [5, 5.41) is 1.64. The van der Waals surface area contributed by atoms with Crippen LogP contribution in [0.15, 0.2) is 78.9 Å². The fourth-order valence-electron chi connectivity index (χ4n) is 4.43. The summed E-state index contributed by atoms with van der Waals surface area (Å²) in [6.07, 6.45) is -0.941. The Bertz CT molecular complexity index is 1150. The number of hydrogen-bond acceptors (Lipinski definition) is 6. The average Bonchev–Trinajstić information content (AvgIpc) is 3.35. The van der Waals surface area contributed by atoms with Crippen molar-refractivity contribution in [2.24, 2.45) is 5.92 Å². The summed E-state index contributed by atoms with van der Waals surface area (Å²) in [4.78, 5) is 34.4. The molecule has 3 aromatic rings. The van der Waals surface area contributed by atoms with Crippen molar-refractivity contribution in [2.45, 2.75) is 12.1 Å². The summed E-state index contributed by atoms with van der Waals surface area (Å²) >= 11 is 0. The highest BCUT2D eigenvalue weighted by Crippen LogP contribution is 2.50. The number of nitrogens with zero attached hydrogens (tertiary/aromatic N) is 2. The van der Waals surface area contributed by atoms with Crippen LogP contribution in [-0.2, 0) is 14.4 Å². The second-order valence-electron chi connectivity index (χ2n) is 7.61. The molecule has 0 unspecified atom stereocenters. The zero-order chi connectivity index (χ0) is 22.2. The molecule has 2 aliphatic heterocycles. The number of imide groups is 1. The third-order valence-electron chi connectivity index (χ3n) is 5.90. The maximum atomic E-state index is 13.6. The number of carbonyl (C=O) groups excluding carboxylic acids is 2. The van der Waals surface area contributed by atoms with Crippen molar-refractivity contribution in [1.29, 1.82) is 0 Å². The molecule has 162 valence electrons. The van der Waals surface area contributed by atoms with Crippen molar-refractivity contribution in [2.75, 3.05) is 24.2 Å². The van der Waals surface area contributed by atoms with E-state index in [1.165, 1.54) is 4.90 Å². The van der Waals surface area contributed by atoms with Crippen molar-refractivity contribution in [3.8, 4) is 11.5 Å². The predicted molar refractivity (Wildman–Crippen MR) is 119 cm³/mol. The number of methoxy groups -OCH3 is 2. The lowest BCUT2D eigenvalue weighted by Gasteiger charge is -2.29. The largest absolute Gasteiger partial charge is 0.497 e. The summed E-state index contributed by atoms with van der Waals surface area (Å²) in [7, 11) is 3.15. The molecular formula is C25H22N2O5. The fraction of sp³-hybridized carbons (Fsp3) is 0.200. The van der Waals surface area contributed by atoms with Crippen molar-refractivity contribution >= 4 is 23.2 Å². The summed E-state index contributed by atoms with van der Waals surface area (Å²) < 4.78 is 11.0. The van der Waals surface area contributed by atoms with Crippen molar-refractivity contribution in [1.82, 2.24) is 0 Å². The molecule has 0 saturated carbocycles. The number of hydroxylamine groups is 1. The number of carbonyl (C=O) groups is 2. The quantitative estimate of drug-likeness (QED) is 0.575. The first-order chi connectivity index (χ1) is 15.6. The van der Waals surface area contributed by atoms with Crippen LogP contribution in [0.1, 0.15) is 11.6 Å². The van der Waals surface area contributed by atoms with Gasteiger partial charge >= 0.3 is 0 Å². The molecule has 7 nitrogen and oxygen atoms in total. The molecule has 0 N–H and O–H groups in total. The van der Waals surface area contributed by atoms with Crippen LogP contribution in [0.2, 0.25) is 0 Å². The smallest absolute Gasteiger partial charge is 0.266 e. The van der Waals surface area contributed by atoms with Gasteiger partial charge in [-0.25, -0.2) is 9.96 Å². The number of para-hydroxylation sites is 2. The normalized spacial score (nSPS) is 22.2. The molecule has 3 atom stereocenters. The van der Waals surface area contributed by atoms with Gasteiger partial charge in [-0.15, -0.1) is 0 Å². The van der Waals surface area contributed by atoms with Gasteiger partial charge in [-0.05, 0) is 42.5 Å². The van der Waals surface area contributed by atoms with Gasteiger partial charge in [0, 0.05) is 5.56 Å². The highest BCUT2D eigenvalue weighted by molar-refractivity contribution is 6.23. The summed E-state index contributed by atoms with van der Waals surface area (Å²) in [5.41, 5.74) is 1.98. The van der Waals surface area contributed by atoms with Gasteiger partial charge in [0.05, 0.1) is 25.6 Å². The minimum atomic E-state index is -0.941. The molecule has 7 heteroatoms. The number of hydrogen-bond donors (Lipinski definition) is 0. The van der Waals surface area contributed by atoms with E-state index < -0.39 is 18.1 Å². The molecule has 2 saturated heterocycles. The number of benzene rings is 3. The molecule has 0 spiro atoms. The Morgan fingerprint density at radius 2 is 1.44 bits per heavy atom. The second-order valence-corrected chi connectivity index (χ2v) is 7.61. The first-order valence-corrected chi connectivity index (χ1v) is 10.3. The van der Waals surface area contributed by atoms with Gasteiger partial charge in [-0.2, -0.15) is 0 Å². The van der Waals surface area contributed by atoms with E-state index in [1.807, 2.05) is 42.5 Å². The second kappa shape index (κ2) is 8.01. The van der Waals surface area contributed by atoms with Gasteiger partial charge in [0.1, 0.15) is 23.5 Å². The Balaban J connectivity index is 1.64. The molecule has 32 heavy (non-hydrogen) atoms. The zero-order valence-corrected chi connectivity index (χ0v) is 17.7. The van der Waals surface area contributed by atoms with E-state index in [2.05, 4.69) is 0 Å². The van der Waals surface area contributed by atoms with E-state index in [9.17, 15) is 9.59 Å². The van der Waals surface area contributed by atoms with E-state index >= 15 is 0 Å². The lowest BCUT2D eigenvalue weighted by Crippen LogP contribution is -2.37. The summed E-state index contributed by atoms with van der Waals surface area (Å²) in [5.74, 6) is -0.228. The summed E-state index contributed by atoms with van der Waals surface area (Å²) in [6.45, 7) is 0. The van der Waals surface area contributed by atoms with E-state index in [0.29, 0.717) is 22.7 Å². The van der Waals surface area contributed by atoms with Gasteiger partial charge in [0.2, 0.25) is 5.91 Å². The molecule has 0 aliphatic carbocycles. The van der Waals surface area contributed by atoms with Crippen LogP contribution in [-0.4, -0.2) is 32.1 Å². The molecule has 2 heterocycles. The molecule has 0 aromatic heterocycles. The van der Waals surface area contributed by atoms with E-state index in [4.69, 9.17) is 14.3 Å². The monoisotopic (exact) mass is 430 g/mol. The van der Waals surface area contributed by atoms with Crippen molar-refractivity contribution < 1.29 is 23.9 Å². The Kier molecular flexibility index (Phi) is 5.03.